The van der Waals surface area contributed by atoms with Gasteiger partial charge in [-0.1, -0.05) is 35.4 Å². The Balaban J connectivity index is 1.91. The Morgan fingerprint density at radius 1 is 1.00 bits per heavy atom. The van der Waals surface area contributed by atoms with E-state index in [4.69, 9.17) is 0 Å². The van der Waals surface area contributed by atoms with E-state index in [1.807, 2.05) is 57.0 Å². The van der Waals surface area contributed by atoms with Crippen molar-refractivity contribution in [3.8, 4) is 0 Å². The van der Waals surface area contributed by atoms with Gasteiger partial charge in [0.25, 0.3) is 0 Å². The van der Waals surface area contributed by atoms with Gasteiger partial charge in [-0.2, -0.15) is 0 Å². The molecule has 0 saturated carbocycles. The number of hydrogen-bond donors (Lipinski definition) is 1. The molecule has 134 valence electrons. The van der Waals surface area contributed by atoms with E-state index >= 15 is 0 Å². The molecule has 5 nitrogen and oxygen atoms in total. The summed E-state index contributed by atoms with van der Waals surface area (Å²) in [7, 11) is -1.58. The highest BCUT2D eigenvalue weighted by molar-refractivity contribution is 7.89. The molecule has 0 heterocycles. The molecule has 0 saturated heterocycles. The molecule has 0 spiro atoms. The molecule has 0 aliphatic rings. The monoisotopic (exact) mass is 359 g/mol. The molecule has 2 aromatic rings. The molecule has 0 fully saturated rings. The lowest BCUT2D eigenvalue weighted by Gasteiger charge is -2.19. The highest BCUT2D eigenvalue weighted by Crippen LogP contribution is 2.13. The van der Waals surface area contributed by atoms with Crippen LogP contribution in [0.15, 0.2) is 58.4 Å². The van der Waals surface area contributed by atoms with E-state index in [9.17, 15) is 8.42 Å². The van der Waals surface area contributed by atoms with Crippen LogP contribution in [-0.2, 0) is 10.0 Å². The van der Waals surface area contributed by atoms with Gasteiger partial charge < -0.3 is 4.90 Å². The Kier molecular flexibility index (Phi) is 6.33. The average molecular weight is 359 g/mol. The Bertz CT molecular complexity index is 826. The quantitative estimate of drug-likeness (QED) is 0.636. The Morgan fingerprint density at radius 2 is 1.52 bits per heavy atom. The van der Waals surface area contributed by atoms with Crippen LogP contribution in [0.2, 0.25) is 0 Å². The molecule has 2 aromatic carbocycles. The minimum Gasteiger partial charge on any atom is -0.362 e. The highest BCUT2D eigenvalue weighted by atomic mass is 32.2. The Labute approximate surface area is 150 Å². The molecule has 6 heteroatoms. The predicted molar refractivity (Wildman–Crippen MR) is 103 cm³/mol. The van der Waals surface area contributed by atoms with Crippen molar-refractivity contribution in [1.82, 2.24) is 9.62 Å². The summed E-state index contributed by atoms with van der Waals surface area (Å²) in [5.41, 5.74) is 3.10. The summed E-state index contributed by atoms with van der Waals surface area (Å²) in [4.78, 5) is 6.76. The van der Waals surface area contributed by atoms with E-state index in [0.29, 0.717) is 13.1 Å². The lowest BCUT2D eigenvalue weighted by Crippen LogP contribution is -2.35. The Hall–Kier alpha value is -2.18. The molecule has 0 radical (unpaired) electrons. The lowest BCUT2D eigenvalue weighted by molar-refractivity contribution is 0.497. The molecular formula is C19H25N3O2S. The maximum absolute atomic E-state index is 12.3. The second-order valence-electron chi connectivity index (χ2n) is 6.13. The maximum Gasteiger partial charge on any atom is 0.240 e. The van der Waals surface area contributed by atoms with Gasteiger partial charge in [-0.05, 0) is 45.0 Å². The fraction of sp³-hybridized carbons (Fsp3) is 0.316. The largest absolute Gasteiger partial charge is 0.362 e. The molecule has 0 bridgehead atoms. The van der Waals surface area contributed by atoms with Crippen molar-refractivity contribution in [3.05, 3.63) is 59.7 Å². The first-order valence-corrected chi connectivity index (χ1v) is 9.66. The van der Waals surface area contributed by atoms with Gasteiger partial charge in [-0.25, -0.2) is 18.1 Å². The van der Waals surface area contributed by atoms with Crippen molar-refractivity contribution in [3.63, 3.8) is 0 Å². The molecule has 0 atom stereocenters. The molecule has 0 aromatic heterocycles. The normalized spacial score (nSPS) is 12.2. The van der Waals surface area contributed by atoms with Crippen LogP contribution in [0, 0.1) is 13.8 Å². The molecule has 0 aliphatic carbocycles. The number of sulfonamides is 1. The third kappa shape index (κ3) is 5.69. The van der Waals surface area contributed by atoms with Crippen LogP contribution < -0.4 is 4.72 Å². The summed E-state index contributed by atoms with van der Waals surface area (Å²) >= 11 is 0. The van der Waals surface area contributed by atoms with E-state index in [0.717, 1.165) is 17.1 Å². The van der Waals surface area contributed by atoms with Crippen molar-refractivity contribution in [1.29, 1.82) is 0 Å². The summed E-state index contributed by atoms with van der Waals surface area (Å²) in [5.74, 6) is 0.832. The fourth-order valence-corrected chi connectivity index (χ4v) is 3.22. The third-order valence-electron chi connectivity index (χ3n) is 3.95. The second kappa shape index (κ2) is 8.27. The number of likely N-dealkylation sites (N-methyl/N-ethyl adjacent to an activating group) is 1. The first-order valence-electron chi connectivity index (χ1n) is 8.17. The van der Waals surface area contributed by atoms with Gasteiger partial charge in [0.15, 0.2) is 0 Å². The van der Waals surface area contributed by atoms with Gasteiger partial charge in [0.1, 0.15) is 5.84 Å². The van der Waals surface area contributed by atoms with Gasteiger partial charge in [-0.15, -0.1) is 0 Å². The summed E-state index contributed by atoms with van der Waals surface area (Å²) < 4.78 is 27.1. The van der Waals surface area contributed by atoms with Crippen LogP contribution in [0.4, 0.5) is 5.69 Å². The maximum atomic E-state index is 12.3. The molecule has 0 amide bonds. The number of nitrogens with one attached hydrogen (secondary N) is 1. The zero-order valence-corrected chi connectivity index (χ0v) is 16.0. The van der Waals surface area contributed by atoms with Crippen molar-refractivity contribution in [2.24, 2.45) is 4.99 Å². The number of hydrogen-bond acceptors (Lipinski definition) is 3. The second-order valence-corrected chi connectivity index (χ2v) is 7.89. The van der Waals surface area contributed by atoms with Gasteiger partial charge in [0, 0.05) is 20.1 Å². The highest BCUT2D eigenvalue weighted by Gasteiger charge is 2.13. The molecule has 0 unspecified atom stereocenters. The zero-order valence-electron chi connectivity index (χ0n) is 15.2. The fourth-order valence-electron chi connectivity index (χ4n) is 2.20. The first kappa shape index (κ1) is 19.1. The van der Waals surface area contributed by atoms with Crippen LogP contribution in [0.5, 0.6) is 0 Å². The minimum absolute atomic E-state index is 0.283. The number of aliphatic imine (C=N–C) groups is 1. The smallest absolute Gasteiger partial charge is 0.240 e. The van der Waals surface area contributed by atoms with Crippen LogP contribution in [0.1, 0.15) is 18.1 Å². The average Bonchev–Trinajstić information content (AvgIpc) is 2.57. The summed E-state index contributed by atoms with van der Waals surface area (Å²) in [5, 5.41) is 0. The number of benzene rings is 2. The van der Waals surface area contributed by atoms with Crippen LogP contribution in [0.3, 0.4) is 0 Å². The van der Waals surface area contributed by atoms with Crippen molar-refractivity contribution >= 4 is 21.5 Å². The number of nitrogens with zero attached hydrogens (tertiary/aromatic N) is 2. The number of amidine groups is 1. The van der Waals surface area contributed by atoms with Crippen molar-refractivity contribution in [2.45, 2.75) is 25.7 Å². The van der Waals surface area contributed by atoms with E-state index in [1.165, 1.54) is 5.56 Å². The van der Waals surface area contributed by atoms with Crippen LogP contribution in [0.25, 0.3) is 0 Å². The van der Waals surface area contributed by atoms with Gasteiger partial charge in [0.2, 0.25) is 10.0 Å². The summed E-state index contributed by atoms with van der Waals surface area (Å²) in [6, 6.07) is 14.8. The first-order chi connectivity index (χ1) is 11.8. The molecule has 1 N–H and O–H groups in total. The number of rotatable bonds is 6. The van der Waals surface area contributed by atoms with Gasteiger partial charge >= 0.3 is 0 Å². The van der Waals surface area contributed by atoms with E-state index in [-0.39, 0.29) is 4.90 Å². The van der Waals surface area contributed by atoms with E-state index in [1.54, 1.807) is 24.3 Å². The molecule has 2 rings (SSSR count). The molecule has 25 heavy (non-hydrogen) atoms. The lowest BCUT2D eigenvalue weighted by atomic mass is 10.2. The van der Waals surface area contributed by atoms with E-state index < -0.39 is 10.0 Å². The van der Waals surface area contributed by atoms with Crippen LogP contribution in [-0.4, -0.2) is 39.3 Å². The summed E-state index contributed by atoms with van der Waals surface area (Å²) in [6.07, 6.45) is 0. The van der Waals surface area contributed by atoms with E-state index in [2.05, 4.69) is 9.71 Å². The number of aryl methyl sites for hydroxylation is 2. The Morgan fingerprint density at radius 3 is 2.08 bits per heavy atom. The zero-order chi connectivity index (χ0) is 18.4. The van der Waals surface area contributed by atoms with Gasteiger partial charge in [-0.3, -0.25) is 0 Å². The third-order valence-corrected chi connectivity index (χ3v) is 5.42. The topological polar surface area (TPSA) is 61.8 Å². The molecular weight excluding hydrogens is 334 g/mol. The predicted octanol–water partition coefficient (Wildman–Crippen LogP) is 3.26. The van der Waals surface area contributed by atoms with Gasteiger partial charge in [0.05, 0.1) is 10.6 Å². The van der Waals surface area contributed by atoms with Crippen LogP contribution >= 0.6 is 0 Å². The van der Waals surface area contributed by atoms with Crippen molar-refractivity contribution in [2.75, 3.05) is 20.1 Å². The SMILES string of the molecule is CC(=Nc1ccc(C)cc1)N(C)CCNS(=O)(=O)c1ccc(C)cc1. The van der Waals surface area contributed by atoms with Crippen molar-refractivity contribution < 1.29 is 8.42 Å². The molecule has 0 aliphatic heterocycles. The standard InChI is InChI=1S/C19H25N3O2S/c1-15-5-9-18(10-6-15)21-17(3)22(4)14-13-20-25(23,24)19-11-7-16(2)8-12-19/h5-12,20H,13-14H2,1-4H3. The minimum atomic E-state index is -3.48. The summed E-state index contributed by atoms with van der Waals surface area (Å²) in [6.45, 7) is 6.72.